The van der Waals surface area contributed by atoms with Crippen LogP contribution in [0.3, 0.4) is 0 Å². The maximum atomic E-state index is 12.5. The number of para-hydroxylation sites is 1. The topological polar surface area (TPSA) is 160 Å². The zero-order valence-electron chi connectivity index (χ0n) is 12.1. The highest BCUT2D eigenvalue weighted by atomic mass is 16.4. The highest BCUT2D eigenvalue weighted by Crippen LogP contribution is 2.29. The van der Waals surface area contributed by atoms with Crippen molar-refractivity contribution in [3.05, 3.63) is 36.0 Å². The molecule has 8 nitrogen and oxygen atoms in total. The molecule has 2 rings (SSSR count). The number of aromatic nitrogens is 1. The van der Waals surface area contributed by atoms with E-state index in [0.29, 0.717) is 16.5 Å². The summed E-state index contributed by atoms with van der Waals surface area (Å²) in [5.41, 5.74) is 12.4. The molecule has 0 spiro atoms. The van der Waals surface area contributed by atoms with Crippen LogP contribution in [0.2, 0.25) is 0 Å². The Kier molecular flexibility index (Phi) is 4.77. The predicted octanol–water partition coefficient (Wildman–Crippen LogP) is 0.0345. The Balaban J connectivity index is 2.48. The minimum absolute atomic E-state index is 0.390. The van der Waals surface area contributed by atoms with Crippen LogP contribution in [0, 0.1) is 0 Å². The summed E-state index contributed by atoms with van der Waals surface area (Å²) in [5, 5.41) is 18.6. The highest BCUT2D eigenvalue weighted by molar-refractivity contribution is 6.00. The smallest absolute Gasteiger partial charge is 0.321 e. The minimum atomic E-state index is -1.53. The van der Waals surface area contributed by atoms with Crippen molar-refractivity contribution >= 4 is 28.6 Å². The molecule has 7 N–H and O–H groups in total. The standard InChI is InChI=1S/C15H17N3O5/c16-9(5-11(19)20)14(21)12(13(17)15(22)23)8-6-18-10-4-2-1-3-7(8)10/h1-4,6,9,12-13,18H,5,16-17H2,(H,19,20)(H,22,23)/t9-,12?,13+/m1/s1. The number of carbonyl (C=O) groups is 3. The van der Waals surface area contributed by atoms with Crippen molar-refractivity contribution in [1.29, 1.82) is 0 Å². The summed E-state index contributed by atoms with van der Waals surface area (Å²) in [7, 11) is 0. The van der Waals surface area contributed by atoms with Crippen LogP contribution in [0.4, 0.5) is 0 Å². The predicted molar refractivity (Wildman–Crippen MR) is 81.9 cm³/mol. The molecule has 0 saturated heterocycles. The lowest BCUT2D eigenvalue weighted by Gasteiger charge is -2.22. The van der Waals surface area contributed by atoms with Gasteiger partial charge in [-0.25, -0.2) is 0 Å². The molecule has 0 aliphatic heterocycles. The number of hydrogen-bond acceptors (Lipinski definition) is 5. The van der Waals surface area contributed by atoms with Gasteiger partial charge in [-0.05, 0) is 11.6 Å². The largest absolute Gasteiger partial charge is 0.481 e. The molecule has 0 aliphatic rings. The number of benzene rings is 1. The summed E-state index contributed by atoms with van der Waals surface area (Å²) in [5.74, 6) is -4.56. The van der Waals surface area contributed by atoms with Gasteiger partial charge in [0.2, 0.25) is 0 Å². The monoisotopic (exact) mass is 319 g/mol. The number of carboxylic acid groups (broad SMARTS) is 2. The molecule has 0 bridgehead atoms. The average molecular weight is 319 g/mol. The van der Waals surface area contributed by atoms with E-state index in [9.17, 15) is 19.5 Å². The average Bonchev–Trinajstić information content (AvgIpc) is 2.90. The van der Waals surface area contributed by atoms with Gasteiger partial charge in [-0.2, -0.15) is 0 Å². The number of aromatic amines is 1. The molecule has 0 amide bonds. The molecule has 1 aromatic heterocycles. The minimum Gasteiger partial charge on any atom is -0.481 e. The van der Waals surface area contributed by atoms with Crippen molar-refractivity contribution in [3.63, 3.8) is 0 Å². The second-order valence-corrected chi connectivity index (χ2v) is 5.24. The molecule has 0 fully saturated rings. The van der Waals surface area contributed by atoms with Crippen LogP contribution < -0.4 is 11.5 Å². The third-order valence-electron chi connectivity index (χ3n) is 3.67. The van der Waals surface area contributed by atoms with Crippen molar-refractivity contribution in [2.45, 2.75) is 24.4 Å². The molecule has 23 heavy (non-hydrogen) atoms. The maximum Gasteiger partial charge on any atom is 0.321 e. The summed E-state index contributed by atoms with van der Waals surface area (Å²) in [6.45, 7) is 0. The Morgan fingerprint density at radius 1 is 1.13 bits per heavy atom. The molecule has 8 heteroatoms. The molecule has 1 aromatic carbocycles. The number of carbonyl (C=O) groups excluding carboxylic acids is 1. The number of carboxylic acids is 2. The zero-order chi connectivity index (χ0) is 17.1. The summed E-state index contributed by atoms with van der Waals surface area (Å²) in [6.07, 6.45) is 0.910. The summed E-state index contributed by atoms with van der Waals surface area (Å²) in [6, 6.07) is 4.15. The van der Waals surface area contributed by atoms with E-state index in [1.54, 1.807) is 24.3 Å². The molecular weight excluding hydrogens is 302 g/mol. The molecular formula is C15H17N3O5. The number of fused-ring (bicyclic) bond motifs is 1. The first-order valence-electron chi connectivity index (χ1n) is 6.88. The van der Waals surface area contributed by atoms with Gasteiger partial charge in [0.25, 0.3) is 0 Å². The number of aliphatic carboxylic acids is 2. The van der Waals surface area contributed by atoms with Crippen LogP contribution in [-0.2, 0) is 14.4 Å². The van der Waals surface area contributed by atoms with Gasteiger partial charge in [-0.15, -0.1) is 0 Å². The van der Waals surface area contributed by atoms with Crippen LogP contribution >= 0.6 is 0 Å². The van der Waals surface area contributed by atoms with Crippen LogP contribution in [0.1, 0.15) is 17.9 Å². The molecule has 1 heterocycles. The molecule has 3 atom stereocenters. The molecule has 0 aliphatic carbocycles. The van der Waals surface area contributed by atoms with Crippen molar-refractivity contribution in [1.82, 2.24) is 4.98 Å². The van der Waals surface area contributed by atoms with Crippen LogP contribution in [0.25, 0.3) is 10.9 Å². The summed E-state index contributed by atoms with van der Waals surface area (Å²) >= 11 is 0. The third kappa shape index (κ3) is 3.38. The van der Waals surface area contributed by atoms with Gasteiger partial charge >= 0.3 is 11.9 Å². The summed E-state index contributed by atoms with van der Waals surface area (Å²) < 4.78 is 0. The van der Waals surface area contributed by atoms with Gasteiger partial charge in [-0.1, -0.05) is 18.2 Å². The third-order valence-corrected chi connectivity index (χ3v) is 3.67. The lowest BCUT2D eigenvalue weighted by Crippen LogP contribution is -2.46. The Morgan fingerprint density at radius 2 is 1.78 bits per heavy atom. The zero-order valence-corrected chi connectivity index (χ0v) is 12.1. The normalized spacial score (nSPS) is 15.0. The van der Waals surface area contributed by atoms with Crippen LogP contribution in [0.15, 0.2) is 30.5 Å². The molecule has 1 unspecified atom stereocenters. The van der Waals surface area contributed by atoms with E-state index >= 15 is 0 Å². The van der Waals surface area contributed by atoms with Crippen molar-refractivity contribution in [3.8, 4) is 0 Å². The van der Waals surface area contributed by atoms with Crippen LogP contribution in [-0.4, -0.2) is 45.0 Å². The first-order valence-corrected chi connectivity index (χ1v) is 6.88. The van der Waals surface area contributed by atoms with Crippen molar-refractivity contribution in [2.24, 2.45) is 11.5 Å². The second-order valence-electron chi connectivity index (χ2n) is 5.24. The van der Waals surface area contributed by atoms with Gasteiger partial charge in [0.15, 0.2) is 5.78 Å². The number of Topliss-reactive ketones (excluding diaryl/α,β-unsaturated/α-hetero) is 1. The number of H-pyrrole nitrogens is 1. The van der Waals surface area contributed by atoms with E-state index in [2.05, 4.69) is 4.98 Å². The molecule has 2 aromatic rings. The number of nitrogens with one attached hydrogen (secondary N) is 1. The van der Waals surface area contributed by atoms with Gasteiger partial charge in [0.05, 0.1) is 18.4 Å². The van der Waals surface area contributed by atoms with Gasteiger partial charge < -0.3 is 26.7 Å². The van der Waals surface area contributed by atoms with E-state index in [-0.39, 0.29) is 0 Å². The maximum absolute atomic E-state index is 12.5. The van der Waals surface area contributed by atoms with E-state index in [4.69, 9.17) is 16.6 Å². The highest BCUT2D eigenvalue weighted by Gasteiger charge is 2.37. The fraction of sp³-hybridized carbons (Fsp3) is 0.267. The number of ketones is 1. The quantitative estimate of drug-likeness (QED) is 0.481. The lowest BCUT2D eigenvalue weighted by molar-refractivity contribution is -0.142. The first kappa shape index (κ1) is 16.7. The van der Waals surface area contributed by atoms with Crippen LogP contribution in [0.5, 0.6) is 0 Å². The number of nitrogens with two attached hydrogens (primary N) is 2. The Hall–Kier alpha value is -2.71. The lowest BCUT2D eigenvalue weighted by atomic mass is 9.84. The molecule has 0 radical (unpaired) electrons. The Bertz CT molecular complexity index is 754. The fourth-order valence-electron chi connectivity index (χ4n) is 2.54. The number of hydrogen-bond donors (Lipinski definition) is 5. The van der Waals surface area contributed by atoms with E-state index in [0.717, 1.165) is 0 Å². The van der Waals surface area contributed by atoms with Gasteiger partial charge in [-0.3, -0.25) is 14.4 Å². The van der Waals surface area contributed by atoms with Crippen molar-refractivity contribution < 1.29 is 24.6 Å². The van der Waals surface area contributed by atoms with E-state index < -0.39 is 42.1 Å². The Labute approximate surface area is 131 Å². The van der Waals surface area contributed by atoms with E-state index in [1.807, 2.05) is 0 Å². The second kappa shape index (κ2) is 6.59. The fourth-order valence-corrected chi connectivity index (χ4v) is 2.54. The number of rotatable bonds is 7. The van der Waals surface area contributed by atoms with Gasteiger partial charge in [0.1, 0.15) is 6.04 Å². The Morgan fingerprint density at radius 3 is 2.39 bits per heavy atom. The SMILES string of the molecule is N[C@H](CC(=O)O)C(=O)C(c1c[nH]c2ccccc12)[C@H](N)C(=O)O. The van der Waals surface area contributed by atoms with Gasteiger partial charge in [0, 0.05) is 17.1 Å². The molecule has 0 saturated carbocycles. The van der Waals surface area contributed by atoms with E-state index in [1.165, 1.54) is 6.20 Å². The first-order chi connectivity index (χ1) is 10.8. The molecule has 122 valence electrons. The summed E-state index contributed by atoms with van der Waals surface area (Å²) in [4.78, 5) is 37.5. The van der Waals surface area contributed by atoms with Crippen molar-refractivity contribution in [2.75, 3.05) is 0 Å².